The van der Waals surface area contributed by atoms with Crippen molar-refractivity contribution in [1.82, 2.24) is 4.90 Å². The van der Waals surface area contributed by atoms with Gasteiger partial charge in [-0.1, -0.05) is 37.3 Å². The Kier molecular flexibility index (Phi) is 3.71. The minimum absolute atomic E-state index is 0.148. The van der Waals surface area contributed by atoms with Gasteiger partial charge in [-0.2, -0.15) is 0 Å². The van der Waals surface area contributed by atoms with Gasteiger partial charge >= 0.3 is 0 Å². The molecule has 0 aromatic heterocycles. The fourth-order valence-electron chi connectivity index (χ4n) is 2.59. The molecule has 0 saturated carbocycles. The molecular formula is C15H21NO2. The highest BCUT2D eigenvalue weighted by molar-refractivity contribution is 5.77. The van der Waals surface area contributed by atoms with Crippen LogP contribution in [0.1, 0.15) is 32.8 Å². The first kappa shape index (κ1) is 13.1. The third-order valence-corrected chi connectivity index (χ3v) is 3.46. The zero-order valence-electron chi connectivity index (χ0n) is 11.3. The van der Waals surface area contributed by atoms with Gasteiger partial charge in [0.2, 0.25) is 5.91 Å². The summed E-state index contributed by atoms with van der Waals surface area (Å²) in [7, 11) is 0. The highest BCUT2D eigenvalue weighted by atomic mass is 16.5. The molecule has 0 radical (unpaired) electrons. The van der Waals surface area contributed by atoms with E-state index in [0.29, 0.717) is 13.0 Å². The summed E-state index contributed by atoms with van der Waals surface area (Å²) in [5.41, 5.74) is 0.768. The number of hydrogen-bond donors (Lipinski definition) is 0. The van der Waals surface area contributed by atoms with Crippen LogP contribution in [0.2, 0.25) is 0 Å². The number of nitrogens with zero attached hydrogens (tertiary/aromatic N) is 1. The molecule has 0 N–H and O–H groups in total. The minimum atomic E-state index is -0.480. The lowest BCUT2D eigenvalue weighted by Crippen LogP contribution is -2.48. The van der Waals surface area contributed by atoms with Crippen molar-refractivity contribution in [2.24, 2.45) is 0 Å². The molecule has 1 saturated heterocycles. The van der Waals surface area contributed by atoms with Crippen LogP contribution >= 0.6 is 0 Å². The van der Waals surface area contributed by atoms with E-state index in [4.69, 9.17) is 4.74 Å². The maximum atomic E-state index is 12.1. The van der Waals surface area contributed by atoms with Gasteiger partial charge in [0, 0.05) is 6.42 Å². The molecule has 0 spiro atoms. The zero-order chi connectivity index (χ0) is 13.2. The van der Waals surface area contributed by atoms with Crippen LogP contribution in [0.3, 0.4) is 0 Å². The lowest BCUT2D eigenvalue weighted by atomic mass is 10.0. The number of carbonyl (C=O) groups excluding carboxylic acids is 1. The van der Waals surface area contributed by atoms with Crippen molar-refractivity contribution >= 4 is 5.91 Å². The van der Waals surface area contributed by atoms with Crippen molar-refractivity contribution < 1.29 is 9.53 Å². The molecule has 3 nitrogen and oxygen atoms in total. The van der Waals surface area contributed by atoms with E-state index in [2.05, 4.69) is 12.1 Å². The average molecular weight is 247 g/mol. The van der Waals surface area contributed by atoms with Gasteiger partial charge in [0.1, 0.15) is 5.72 Å². The van der Waals surface area contributed by atoms with Gasteiger partial charge in [-0.15, -0.1) is 0 Å². The van der Waals surface area contributed by atoms with E-state index in [0.717, 1.165) is 6.42 Å². The Hall–Kier alpha value is -1.35. The van der Waals surface area contributed by atoms with E-state index in [1.165, 1.54) is 5.56 Å². The first-order valence-electron chi connectivity index (χ1n) is 6.54. The van der Waals surface area contributed by atoms with E-state index in [1.807, 2.05) is 43.9 Å². The van der Waals surface area contributed by atoms with Crippen LogP contribution in [0, 0.1) is 0 Å². The quantitative estimate of drug-likeness (QED) is 0.821. The largest absolute Gasteiger partial charge is 0.354 e. The lowest BCUT2D eigenvalue weighted by molar-refractivity contribution is -0.145. The summed E-state index contributed by atoms with van der Waals surface area (Å²) in [6.45, 7) is 6.45. The molecule has 1 atom stereocenters. The maximum absolute atomic E-state index is 12.1. The second-order valence-corrected chi connectivity index (χ2v) is 5.22. The summed E-state index contributed by atoms with van der Waals surface area (Å²) >= 11 is 0. The van der Waals surface area contributed by atoms with Crippen LogP contribution in [-0.2, 0) is 16.0 Å². The van der Waals surface area contributed by atoms with Gasteiger partial charge in [0.05, 0.1) is 12.6 Å². The van der Waals surface area contributed by atoms with E-state index >= 15 is 0 Å². The van der Waals surface area contributed by atoms with Gasteiger partial charge < -0.3 is 9.64 Å². The molecule has 0 unspecified atom stereocenters. The van der Waals surface area contributed by atoms with Crippen LogP contribution in [-0.4, -0.2) is 29.2 Å². The Morgan fingerprint density at radius 2 is 2.06 bits per heavy atom. The molecule has 0 aliphatic carbocycles. The number of carbonyl (C=O) groups is 1. The van der Waals surface area contributed by atoms with Crippen molar-refractivity contribution in [3.05, 3.63) is 35.9 Å². The van der Waals surface area contributed by atoms with Crippen molar-refractivity contribution in [2.45, 2.75) is 45.4 Å². The molecule has 2 rings (SSSR count). The second kappa shape index (κ2) is 5.11. The van der Waals surface area contributed by atoms with Crippen LogP contribution in [0.5, 0.6) is 0 Å². The fourth-order valence-corrected chi connectivity index (χ4v) is 2.59. The molecular weight excluding hydrogens is 226 g/mol. The summed E-state index contributed by atoms with van der Waals surface area (Å²) in [6, 6.07) is 10.4. The topological polar surface area (TPSA) is 29.5 Å². The smallest absolute Gasteiger partial charge is 0.224 e. The summed E-state index contributed by atoms with van der Waals surface area (Å²) in [5.74, 6) is 0.165. The predicted molar refractivity (Wildman–Crippen MR) is 71.1 cm³/mol. The van der Waals surface area contributed by atoms with Gasteiger partial charge in [-0.05, 0) is 25.8 Å². The fraction of sp³-hybridized carbons (Fsp3) is 0.533. The van der Waals surface area contributed by atoms with Crippen LogP contribution in [0.25, 0.3) is 0 Å². The molecule has 1 aliphatic rings. The van der Waals surface area contributed by atoms with Crippen LogP contribution in [0.4, 0.5) is 0 Å². The highest BCUT2D eigenvalue weighted by Gasteiger charge is 2.42. The van der Waals surface area contributed by atoms with Crippen LogP contribution < -0.4 is 0 Å². The molecule has 1 aromatic rings. The first-order chi connectivity index (χ1) is 8.54. The maximum Gasteiger partial charge on any atom is 0.224 e. The Morgan fingerprint density at radius 1 is 1.39 bits per heavy atom. The standard InChI is InChI=1S/C15H21NO2/c1-4-14(17)16-13(11-18-15(16,2)3)10-12-8-6-5-7-9-12/h5-9,13H,4,10-11H2,1-3H3/t13-/m1/s1. The first-order valence-corrected chi connectivity index (χ1v) is 6.54. The summed E-state index contributed by atoms with van der Waals surface area (Å²) in [4.78, 5) is 14.0. The minimum Gasteiger partial charge on any atom is -0.354 e. The normalized spacial score (nSPS) is 22.2. The molecule has 18 heavy (non-hydrogen) atoms. The molecule has 0 bridgehead atoms. The predicted octanol–water partition coefficient (Wildman–Crippen LogP) is 2.60. The lowest BCUT2D eigenvalue weighted by Gasteiger charge is -2.33. The molecule has 1 heterocycles. The number of hydrogen-bond acceptors (Lipinski definition) is 2. The third-order valence-electron chi connectivity index (χ3n) is 3.46. The Bertz CT molecular complexity index is 414. The molecule has 1 aliphatic heterocycles. The molecule has 1 aromatic carbocycles. The summed E-state index contributed by atoms with van der Waals surface area (Å²) in [6.07, 6.45) is 1.38. The number of amides is 1. The van der Waals surface area contributed by atoms with Gasteiger partial charge in [0.25, 0.3) is 0 Å². The average Bonchev–Trinajstić information content (AvgIpc) is 2.65. The number of ether oxygens (including phenoxy) is 1. The molecule has 1 fully saturated rings. The number of rotatable bonds is 3. The molecule has 3 heteroatoms. The van der Waals surface area contributed by atoms with E-state index < -0.39 is 5.72 Å². The Balaban J connectivity index is 2.15. The van der Waals surface area contributed by atoms with E-state index in [9.17, 15) is 4.79 Å². The van der Waals surface area contributed by atoms with Gasteiger partial charge in [0.15, 0.2) is 0 Å². The molecule has 98 valence electrons. The van der Waals surface area contributed by atoms with Crippen molar-refractivity contribution in [3.63, 3.8) is 0 Å². The van der Waals surface area contributed by atoms with Gasteiger partial charge in [-0.3, -0.25) is 4.79 Å². The Labute approximate surface area is 109 Å². The van der Waals surface area contributed by atoms with Gasteiger partial charge in [-0.25, -0.2) is 0 Å². The van der Waals surface area contributed by atoms with Crippen molar-refractivity contribution in [1.29, 1.82) is 0 Å². The summed E-state index contributed by atoms with van der Waals surface area (Å²) < 4.78 is 5.77. The zero-order valence-corrected chi connectivity index (χ0v) is 11.3. The highest BCUT2D eigenvalue weighted by Crippen LogP contribution is 2.29. The monoisotopic (exact) mass is 247 g/mol. The SMILES string of the molecule is CCC(=O)N1[C@H](Cc2ccccc2)COC1(C)C. The van der Waals surface area contributed by atoms with E-state index in [-0.39, 0.29) is 11.9 Å². The Morgan fingerprint density at radius 3 is 2.67 bits per heavy atom. The number of benzene rings is 1. The van der Waals surface area contributed by atoms with Crippen molar-refractivity contribution in [3.8, 4) is 0 Å². The third kappa shape index (κ3) is 2.56. The van der Waals surface area contributed by atoms with E-state index in [1.54, 1.807) is 0 Å². The summed E-state index contributed by atoms with van der Waals surface area (Å²) in [5, 5.41) is 0. The molecule has 1 amide bonds. The van der Waals surface area contributed by atoms with Crippen LogP contribution in [0.15, 0.2) is 30.3 Å². The van der Waals surface area contributed by atoms with Crippen molar-refractivity contribution in [2.75, 3.05) is 6.61 Å². The second-order valence-electron chi connectivity index (χ2n) is 5.22.